The Morgan fingerprint density at radius 2 is 1.77 bits per heavy atom. The Hall–Kier alpha value is -2.89. The number of piperidine rings is 1. The molecule has 0 unspecified atom stereocenters. The van der Waals surface area contributed by atoms with Crippen LogP contribution < -0.4 is 15.5 Å². The van der Waals surface area contributed by atoms with Crippen molar-refractivity contribution in [1.29, 1.82) is 0 Å². The van der Waals surface area contributed by atoms with Crippen LogP contribution in [0.15, 0.2) is 48.8 Å². The molecule has 0 saturated carbocycles. The first-order valence-corrected chi connectivity index (χ1v) is 8.93. The van der Waals surface area contributed by atoms with Crippen molar-refractivity contribution >= 4 is 23.2 Å². The lowest BCUT2D eigenvalue weighted by molar-refractivity contribution is -0.136. The van der Waals surface area contributed by atoms with Crippen molar-refractivity contribution in [2.45, 2.75) is 19.8 Å². The third kappa shape index (κ3) is 4.59. The van der Waals surface area contributed by atoms with Crippen LogP contribution in [0.25, 0.3) is 0 Å². The van der Waals surface area contributed by atoms with Gasteiger partial charge in [0.05, 0.1) is 0 Å². The predicted octanol–water partition coefficient (Wildman–Crippen LogP) is 2.36. The van der Waals surface area contributed by atoms with Crippen LogP contribution in [0.4, 0.5) is 11.4 Å². The highest BCUT2D eigenvalue weighted by atomic mass is 16.2. The van der Waals surface area contributed by atoms with Crippen LogP contribution in [0.1, 0.15) is 18.4 Å². The fourth-order valence-corrected chi connectivity index (χ4v) is 3.16. The highest BCUT2D eigenvalue weighted by Crippen LogP contribution is 2.22. The molecule has 1 aliphatic rings. The van der Waals surface area contributed by atoms with Gasteiger partial charge in [-0.1, -0.05) is 18.2 Å². The number of hydrogen-bond acceptors (Lipinski definition) is 4. The summed E-state index contributed by atoms with van der Waals surface area (Å²) in [4.78, 5) is 30.5. The molecule has 2 aromatic rings. The lowest BCUT2D eigenvalue weighted by atomic mass is 9.96. The lowest BCUT2D eigenvalue weighted by Gasteiger charge is -2.33. The molecule has 136 valence electrons. The molecule has 0 radical (unpaired) electrons. The third-order valence-corrected chi connectivity index (χ3v) is 4.79. The SMILES string of the molecule is Cc1ccccc1NC(=O)C(=O)NCC1CCN(c2ccncc2)CC1. The minimum absolute atomic E-state index is 0.392. The summed E-state index contributed by atoms with van der Waals surface area (Å²) in [5.74, 6) is -0.804. The average molecular weight is 352 g/mol. The lowest BCUT2D eigenvalue weighted by Crippen LogP contribution is -2.41. The first-order chi connectivity index (χ1) is 12.6. The van der Waals surface area contributed by atoms with E-state index >= 15 is 0 Å². The zero-order valence-corrected chi connectivity index (χ0v) is 14.9. The molecule has 6 heteroatoms. The van der Waals surface area contributed by atoms with Crippen LogP contribution in [0.3, 0.4) is 0 Å². The zero-order chi connectivity index (χ0) is 18.4. The number of carbonyl (C=O) groups is 2. The number of rotatable bonds is 4. The maximum absolute atomic E-state index is 12.0. The zero-order valence-electron chi connectivity index (χ0n) is 14.9. The Morgan fingerprint density at radius 3 is 2.46 bits per heavy atom. The molecule has 1 aliphatic heterocycles. The Labute approximate surface area is 153 Å². The summed E-state index contributed by atoms with van der Waals surface area (Å²) in [7, 11) is 0. The van der Waals surface area contributed by atoms with Gasteiger partial charge >= 0.3 is 11.8 Å². The minimum Gasteiger partial charge on any atom is -0.371 e. The van der Waals surface area contributed by atoms with Gasteiger partial charge in [-0.15, -0.1) is 0 Å². The Bertz CT molecular complexity index is 755. The van der Waals surface area contributed by atoms with Gasteiger partial charge in [-0.2, -0.15) is 0 Å². The van der Waals surface area contributed by atoms with E-state index in [4.69, 9.17) is 0 Å². The van der Waals surface area contributed by atoms with Gasteiger partial charge in [-0.05, 0) is 49.4 Å². The van der Waals surface area contributed by atoms with Gasteiger partial charge in [0.1, 0.15) is 0 Å². The molecule has 6 nitrogen and oxygen atoms in total. The smallest absolute Gasteiger partial charge is 0.313 e. The normalized spacial score (nSPS) is 14.7. The van der Waals surface area contributed by atoms with Crippen LogP contribution >= 0.6 is 0 Å². The summed E-state index contributed by atoms with van der Waals surface area (Å²) >= 11 is 0. The molecule has 0 atom stereocenters. The Kier molecular flexibility index (Phi) is 5.84. The molecule has 0 bridgehead atoms. The molecular weight excluding hydrogens is 328 g/mol. The maximum atomic E-state index is 12.0. The molecule has 1 aromatic heterocycles. The van der Waals surface area contributed by atoms with Gasteiger partial charge in [0.25, 0.3) is 0 Å². The Morgan fingerprint density at radius 1 is 1.08 bits per heavy atom. The molecule has 1 aromatic carbocycles. The largest absolute Gasteiger partial charge is 0.371 e. The summed E-state index contributed by atoms with van der Waals surface area (Å²) in [6.07, 6.45) is 5.58. The highest BCUT2D eigenvalue weighted by Gasteiger charge is 2.21. The number of carbonyl (C=O) groups excluding carboxylic acids is 2. The van der Waals surface area contributed by atoms with Crippen LogP contribution in [0.2, 0.25) is 0 Å². The maximum Gasteiger partial charge on any atom is 0.313 e. The first-order valence-electron chi connectivity index (χ1n) is 8.93. The molecule has 0 spiro atoms. The number of nitrogens with one attached hydrogen (secondary N) is 2. The molecule has 2 N–H and O–H groups in total. The van der Waals surface area contributed by atoms with E-state index in [1.165, 1.54) is 5.69 Å². The fraction of sp³-hybridized carbons (Fsp3) is 0.350. The van der Waals surface area contributed by atoms with Crippen LogP contribution in [0, 0.1) is 12.8 Å². The predicted molar refractivity (Wildman–Crippen MR) is 102 cm³/mol. The van der Waals surface area contributed by atoms with E-state index in [1.807, 2.05) is 37.3 Å². The number of aromatic nitrogens is 1. The van der Waals surface area contributed by atoms with Gasteiger partial charge in [0.15, 0.2) is 0 Å². The van der Waals surface area contributed by atoms with E-state index in [0.717, 1.165) is 31.5 Å². The molecule has 0 aliphatic carbocycles. The molecule has 1 saturated heterocycles. The van der Waals surface area contributed by atoms with Crippen LogP contribution in [-0.4, -0.2) is 36.4 Å². The number of benzene rings is 1. The number of anilines is 2. The average Bonchev–Trinajstić information content (AvgIpc) is 2.69. The number of amides is 2. The topological polar surface area (TPSA) is 74.3 Å². The van der Waals surface area contributed by atoms with Gasteiger partial charge in [0.2, 0.25) is 0 Å². The Balaban J connectivity index is 1.42. The van der Waals surface area contributed by atoms with E-state index in [-0.39, 0.29) is 0 Å². The molecule has 3 rings (SSSR count). The van der Waals surface area contributed by atoms with Crippen molar-refractivity contribution in [2.24, 2.45) is 5.92 Å². The van der Waals surface area contributed by atoms with Crippen molar-refractivity contribution < 1.29 is 9.59 Å². The van der Waals surface area contributed by atoms with Crippen molar-refractivity contribution in [3.05, 3.63) is 54.4 Å². The quantitative estimate of drug-likeness (QED) is 0.829. The second kappa shape index (κ2) is 8.47. The van der Waals surface area contributed by atoms with E-state index in [0.29, 0.717) is 18.2 Å². The van der Waals surface area contributed by atoms with Crippen LogP contribution in [0.5, 0.6) is 0 Å². The van der Waals surface area contributed by atoms with Crippen LogP contribution in [-0.2, 0) is 9.59 Å². The van der Waals surface area contributed by atoms with Gasteiger partial charge in [0, 0.05) is 43.4 Å². The first kappa shape index (κ1) is 17.9. The molecular formula is C20H24N4O2. The minimum atomic E-state index is -0.617. The second-order valence-electron chi connectivity index (χ2n) is 6.61. The summed E-state index contributed by atoms with van der Waals surface area (Å²) in [6, 6.07) is 11.4. The number of pyridine rings is 1. The van der Waals surface area contributed by atoms with E-state index < -0.39 is 11.8 Å². The summed E-state index contributed by atoms with van der Waals surface area (Å²) in [5.41, 5.74) is 2.77. The van der Waals surface area contributed by atoms with E-state index in [1.54, 1.807) is 18.5 Å². The third-order valence-electron chi connectivity index (χ3n) is 4.79. The summed E-state index contributed by atoms with van der Waals surface area (Å²) in [5, 5.41) is 5.43. The van der Waals surface area contributed by atoms with Crippen molar-refractivity contribution in [1.82, 2.24) is 10.3 Å². The molecule has 2 amide bonds. The second-order valence-corrected chi connectivity index (χ2v) is 6.61. The number of nitrogens with zero attached hydrogens (tertiary/aromatic N) is 2. The van der Waals surface area contributed by atoms with Gasteiger partial charge in [-0.3, -0.25) is 14.6 Å². The van der Waals surface area contributed by atoms with Gasteiger partial charge < -0.3 is 15.5 Å². The number of hydrogen-bond donors (Lipinski definition) is 2. The monoisotopic (exact) mass is 352 g/mol. The molecule has 2 heterocycles. The van der Waals surface area contributed by atoms with E-state index in [9.17, 15) is 9.59 Å². The molecule has 26 heavy (non-hydrogen) atoms. The van der Waals surface area contributed by atoms with E-state index in [2.05, 4.69) is 20.5 Å². The van der Waals surface area contributed by atoms with Gasteiger partial charge in [-0.25, -0.2) is 0 Å². The number of para-hydroxylation sites is 1. The fourth-order valence-electron chi connectivity index (χ4n) is 3.16. The molecule has 1 fully saturated rings. The summed E-state index contributed by atoms with van der Waals surface area (Å²) < 4.78 is 0. The summed E-state index contributed by atoms with van der Waals surface area (Å²) in [6.45, 7) is 4.31. The standard InChI is InChI=1S/C20H24N4O2/c1-15-4-2-3-5-18(15)23-20(26)19(25)22-14-16-8-12-24(13-9-16)17-6-10-21-11-7-17/h2-7,10-11,16H,8-9,12-14H2,1H3,(H,22,25)(H,23,26). The van der Waals surface area contributed by atoms with Crippen molar-refractivity contribution in [3.8, 4) is 0 Å². The number of aryl methyl sites for hydroxylation is 1. The van der Waals surface area contributed by atoms with Crippen molar-refractivity contribution in [3.63, 3.8) is 0 Å². The highest BCUT2D eigenvalue weighted by molar-refractivity contribution is 6.39. The van der Waals surface area contributed by atoms with Crippen molar-refractivity contribution in [2.75, 3.05) is 29.9 Å².